The van der Waals surface area contributed by atoms with Crippen molar-refractivity contribution in [2.75, 3.05) is 22.1 Å². The van der Waals surface area contributed by atoms with Crippen molar-refractivity contribution >= 4 is 52.4 Å². The zero-order valence-corrected chi connectivity index (χ0v) is 21.0. The Balaban J connectivity index is 1.40. The fraction of sp³-hybridized carbons (Fsp3) is 0.143. The van der Waals surface area contributed by atoms with E-state index in [-0.39, 0.29) is 16.6 Å². The monoisotopic (exact) mass is 517 g/mol. The minimum absolute atomic E-state index is 0.0398. The number of nitrogens with zero attached hydrogens (tertiary/aromatic N) is 1. The molecule has 0 fully saturated rings. The summed E-state index contributed by atoms with van der Waals surface area (Å²) in [4.78, 5) is 51.1. The van der Waals surface area contributed by atoms with Crippen LogP contribution in [0.2, 0.25) is 0 Å². The molecular weight excluding hydrogens is 494 g/mol. The summed E-state index contributed by atoms with van der Waals surface area (Å²) in [5, 5.41) is 5.44. The summed E-state index contributed by atoms with van der Waals surface area (Å²) in [6.45, 7) is 4.17. The SMILES string of the molecule is CCCOC(=O)c1ccc(NC(=O)c2ccc(NC3=C(Cl)C(=O)N(c4ccc(C)cc4)C3=O)cc2)cc1. The van der Waals surface area contributed by atoms with E-state index < -0.39 is 17.8 Å². The normalized spacial score (nSPS) is 13.1. The van der Waals surface area contributed by atoms with Gasteiger partial charge < -0.3 is 15.4 Å². The molecule has 0 saturated heterocycles. The van der Waals surface area contributed by atoms with Crippen LogP contribution in [0.3, 0.4) is 0 Å². The van der Waals surface area contributed by atoms with Crippen LogP contribution in [-0.2, 0) is 14.3 Å². The molecule has 1 aliphatic heterocycles. The van der Waals surface area contributed by atoms with E-state index >= 15 is 0 Å². The van der Waals surface area contributed by atoms with E-state index in [2.05, 4.69) is 10.6 Å². The Bertz CT molecular complexity index is 1380. The summed E-state index contributed by atoms with van der Waals surface area (Å²) in [5.41, 5.74) is 3.14. The highest BCUT2D eigenvalue weighted by molar-refractivity contribution is 6.53. The number of carbonyl (C=O) groups is 4. The van der Waals surface area contributed by atoms with Crippen LogP contribution in [0.4, 0.5) is 17.1 Å². The topological polar surface area (TPSA) is 105 Å². The highest BCUT2D eigenvalue weighted by Crippen LogP contribution is 2.30. The number of rotatable bonds is 8. The molecular formula is C28H24ClN3O5. The van der Waals surface area contributed by atoms with Gasteiger partial charge in [-0.15, -0.1) is 0 Å². The van der Waals surface area contributed by atoms with E-state index in [0.29, 0.717) is 34.8 Å². The van der Waals surface area contributed by atoms with Gasteiger partial charge in [0.2, 0.25) is 0 Å². The van der Waals surface area contributed by atoms with Gasteiger partial charge in [0.15, 0.2) is 0 Å². The van der Waals surface area contributed by atoms with Crippen molar-refractivity contribution in [3.8, 4) is 0 Å². The van der Waals surface area contributed by atoms with Crippen LogP contribution in [-0.4, -0.2) is 30.3 Å². The van der Waals surface area contributed by atoms with Crippen molar-refractivity contribution in [3.05, 3.63) is 100 Å². The molecule has 3 aromatic carbocycles. The highest BCUT2D eigenvalue weighted by atomic mass is 35.5. The van der Waals surface area contributed by atoms with E-state index in [1.807, 2.05) is 13.8 Å². The molecule has 0 saturated carbocycles. The Morgan fingerprint density at radius 3 is 2.05 bits per heavy atom. The zero-order valence-electron chi connectivity index (χ0n) is 20.2. The molecule has 0 bridgehead atoms. The summed E-state index contributed by atoms with van der Waals surface area (Å²) >= 11 is 6.19. The second-order valence-electron chi connectivity index (χ2n) is 8.34. The number of ether oxygens (including phenoxy) is 1. The van der Waals surface area contributed by atoms with Crippen LogP contribution in [0.15, 0.2) is 83.5 Å². The molecule has 0 radical (unpaired) electrons. The number of carbonyl (C=O) groups excluding carboxylic acids is 4. The van der Waals surface area contributed by atoms with Gasteiger partial charge in [-0.3, -0.25) is 14.4 Å². The third-order valence-electron chi connectivity index (χ3n) is 5.55. The van der Waals surface area contributed by atoms with Crippen molar-refractivity contribution in [2.24, 2.45) is 0 Å². The molecule has 0 atom stereocenters. The molecule has 8 nitrogen and oxygen atoms in total. The first-order chi connectivity index (χ1) is 17.8. The zero-order chi connectivity index (χ0) is 26.5. The minimum atomic E-state index is -0.612. The van der Waals surface area contributed by atoms with Crippen molar-refractivity contribution in [1.29, 1.82) is 0 Å². The maximum atomic E-state index is 12.9. The Kier molecular flexibility index (Phi) is 7.69. The predicted octanol–water partition coefficient (Wildman–Crippen LogP) is 5.25. The highest BCUT2D eigenvalue weighted by Gasteiger charge is 2.38. The third-order valence-corrected chi connectivity index (χ3v) is 5.90. The van der Waals surface area contributed by atoms with Gasteiger partial charge in [-0.2, -0.15) is 0 Å². The number of halogens is 1. The van der Waals surface area contributed by atoms with E-state index in [1.54, 1.807) is 72.8 Å². The molecule has 1 heterocycles. The van der Waals surface area contributed by atoms with Gasteiger partial charge in [0.1, 0.15) is 10.7 Å². The van der Waals surface area contributed by atoms with Crippen molar-refractivity contribution in [1.82, 2.24) is 0 Å². The lowest BCUT2D eigenvalue weighted by atomic mass is 10.1. The van der Waals surface area contributed by atoms with Crippen LogP contribution in [0.1, 0.15) is 39.6 Å². The van der Waals surface area contributed by atoms with Crippen LogP contribution in [0.5, 0.6) is 0 Å². The van der Waals surface area contributed by atoms with Gasteiger partial charge in [0, 0.05) is 16.9 Å². The second-order valence-corrected chi connectivity index (χ2v) is 8.72. The van der Waals surface area contributed by atoms with Gasteiger partial charge in [0.05, 0.1) is 17.9 Å². The van der Waals surface area contributed by atoms with Crippen LogP contribution in [0.25, 0.3) is 0 Å². The number of hydrogen-bond donors (Lipinski definition) is 2. The largest absolute Gasteiger partial charge is 0.462 e. The average molecular weight is 518 g/mol. The van der Waals surface area contributed by atoms with Crippen molar-refractivity contribution in [2.45, 2.75) is 20.3 Å². The Morgan fingerprint density at radius 2 is 1.43 bits per heavy atom. The quantitative estimate of drug-likeness (QED) is 0.312. The molecule has 37 heavy (non-hydrogen) atoms. The lowest BCUT2D eigenvalue weighted by Crippen LogP contribution is -2.32. The molecule has 3 aromatic rings. The molecule has 0 aromatic heterocycles. The first-order valence-electron chi connectivity index (χ1n) is 11.6. The molecule has 4 rings (SSSR count). The maximum Gasteiger partial charge on any atom is 0.338 e. The summed E-state index contributed by atoms with van der Waals surface area (Å²) in [6.07, 6.45) is 0.735. The Morgan fingerprint density at radius 1 is 0.838 bits per heavy atom. The summed E-state index contributed by atoms with van der Waals surface area (Å²) in [7, 11) is 0. The first-order valence-corrected chi connectivity index (χ1v) is 12.0. The number of amides is 3. The second kappa shape index (κ2) is 11.1. The molecule has 2 N–H and O–H groups in total. The van der Waals surface area contributed by atoms with Crippen LogP contribution >= 0.6 is 11.6 Å². The number of benzene rings is 3. The van der Waals surface area contributed by atoms with Gasteiger partial charge in [-0.05, 0) is 74.0 Å². The van der Waals surface area contributed by atoms with Crippen molar-refractivity contribution < 1.29 is 23.9 Å². The van der Waals surface area contributed by atoms with Crippen LogP contribution in [0, 0.1) is 6.92 Å². The number of aryl methyl sites for hydroxylation is 1. The molecule has 1 aliphatic rings. The number of nitrogens with one attached hydrogen (secondary N) is 2. The summed E-state index contributed by atoms with van der Waals surface area (Å²) in [6, 6.07) is 19.7. The number of imide groups is 1. The third kappa shape index (κ3) is 5.70. The van der Waals surface area contributed by atoms with E-state index in [1.165, 1.54) is 0 Å². The lowest BCUT2D eigenvalue weighted by molar-refractivity contribution is -0.120. The minimum Gasteiger partial charge on any atom is -0.462 e. The molecule has 0 unspecified atom stereocenters. The standard InChI is InChI=1S/C28H24ClN3O5/c1-3-16-37-28(36)19-8-12-21(13-9-19)31-25(33)18-6-10-20(11-7-18)30-24-23(29)26(34)32(27(24)35)22-14-4-17(2)5-15-22/h4-15,30H,3,16H2,1-2H3,(H,31,33). The van der Waals surface area contributed by atoms with Gasteiger partial charge in [-0.25, -0.2) is 9.69 Å². The van der Waals surface area contributed by atoms with Gasteiger partial charge >= 0.3 is 5.97 Å². The molecule has 9 heteroatoms. The summed E-state index contributed by atoms with van der Waals surface area (Å²) < 4.78 is 5.09. The fourth-order valence-corrected chi connectivity index (χ4v) is 3.77. The number of hydrogen-bond acceptors (Lipinski definition) is 6. The Labute approximate surface area is 218 Å². The predicted molar refractivity (Wildman–Crippen MR) is 142 cm³/mol. The molecule has 3 amide bonds. The molecule has 0 spiro atoms. The van der Waals surface area contributed by atoms with E-state index in [9.17, 15) is 19.2 Å². The Hall–Kier alpha value is -4.43. The molecule has 0 aliphatic carbocycles. The lowest BCUT2D eigenvalue weighted by Gasteiger charge is -2.15. The number of anilines is 3. The maximum absolute atomic E-state index is 12.9. The van der Waals surface area contributed by atoms with E-state index in [0.717, 1.165) is 16.9 Å². The fourth-order valence-electron chi connectivity index (χ4n) is 3.56. The van der Waals surface area contributed by atoms with Crippen LogP contribution < -0.4 is 15.5 Å². The van der Waals surface area contributed by atoms with Gasteiger partial charge in [-0.1, -0.05) is 36.2 Å². The smallest absolute Gasteiger partial charge is 0.338 e. The summed E-state index contributed by atoms with van der Waals surface area (Å²) in [5.74, 6) is -1.95. The first kappa shape index (κ1) is 25.7. The van der Waals surface area contributed by atoms with Crippen molar-refractivity contribution in [3.63, 3.8) is 0 Å². The number of esters is 1. The molecule has 188 valence electrons. The van der Waals surface area contributed by atoms with Gasteiger partial charge in [0.25, 0.3) is 17.7 Å². The average Bonchev–Trinajstić information content (AvgIpc) is 3.11. The van der Waals surface area contributed by atoms with E-state index in [4.69, 9.17) is 16.3 Å².